The lowest BCUT2D eigenvalue weighted by atomic mass is 10.0. The Hall–Kier alpha value is -4.13. The number of hydrogen-bond acceptors (Lipinski definition) is 5. The maximum Gasteiger partial charge on any atom is 0.255 e. The number of amides is 1. The van der Waals surface area contributed by atoms with E-state index in [0.717, 1.165) is 23.8 Å². The molecule has 2 N–H and O–H groups in total. The topological polar surface area (TPSA) is 84.0 Å². The molecule has 1 heterocycles. The van der Waals surface area contributed by atoms with Crippen LogP contribution in [0.2, 0.25) is 0 Å². The molecule has 0 aliphatic rings. The summed E-state index contributed by atoms with van der Waals surface area (Å²) in [5.41, 5.74) is 3.29. The Bertz CT molecular complexity index is 1300. The quantitative estimate of drug-likeness (QED) is 0.302. The van der Waals surface area contributed by atoms with Gasteiger partial charge in [-0.25, -0.2) is 14.4 Å². The molecule has 3 aromatic carbocycles. The van der Waals surface area contributed by atoms with Crippen LogP contribution in [0, 0.1) is 5.82 Å². The number of aromatic nitrogens is 2. The number of nitrogens with zero attached hydrogens (tertiary/aromatic N) is 2. The zero-order chi connectivity index (χ0) is 23.9. The average Bonchev–Trinajstić information content (AvgIpc) is 2.86. The number of halogens is 1. The van der Waals surface area contributed by atoms with Gasteiger partial charge in [-0.2, -0.15) is 0 Å². The Morgan fingerprint density at radius 1 is 0.941 bits per heavy atom. The number of carbonyl (C=O) groups excluding carboxylic acids is 2. The highest BCUT2D eigenvalue weighted by Gasteiger charge is 2.13. The third kappa shape index (κ3) is 5.43. The second-order valence-electron chi connectivity index (χ2n) is 7.96. The van der Waals surface area contributed by atoms with Gasteiger partial charge in [-0.15, -0.1) is 0 Å². The normalized spacial score (nSPS) is 10.8. The fourth-order valence-electron chi connectivity index (χ4n) is 3.62. The Balaban J connectivity index is 1.43. The van der Waals surface area contributed by atoms with Crippen molar-refractivity contribution in [2.75, 3.05) is 10.6 Å². The molecule has 0 aliphatic carbocycles. The van der Waals surface area contributed by atoms with Crippen LogP contribution in [0.15, 0.2) is 73.1 Å². The maximum absolute atomic E-state index is 13.0. The molecule has 0 fully saturated rings. The third-order valence-corrected chi connectivity index (χ3v) is 5.50. The molecular formula is C27H25FN4O2. The predicted molar refractivity (Wildman–Crippen MR) is 132 cm³/mol. The minimum atomic E-state index is -0.385. The highest BCUT2D eigenvalue weighted by Crippen LogP contribution is 2.24. The summed E-state index contributed by atoms with van der Waals surface area (Å²) in [6.45, 7) is 2.57. The molecule has 0 radical (unpaired) electrons. The molecule has 0 saturated carbocycles. The lowest BCUT2D eigenvalue weighted by Gasteiger charge is -2.11. The number of fused-ring (bicyclic) bond motifs is 1. The zero-order valence-corrected chi connectivity index (χ0v) is 18.8. The first-order chi connectivity index (χ1) is 16.5. The number of nitrogens with one attached hydrogen (secondary N) is 2. The number of ketones is 1. The average molecular weight is 457 g/mol. The number of Topliss-reactive ketones (excluding diaryl/α,β-unsaturated/α-hetero) is 1. The van der Waals surface area contributed by atoms with Gasteiger partial charge in [0.2, 0.25) is 0 Å². The Kier molecular flexibility index (Phi) is 7.22. The molecule has 4 rings (SSSR count). The number of carbonyl (C=O) groups is 2. The first-order valence-electron chi connectivity index (χ1n) is 11.2. The van der Waals surface area contributed by atoms with Crippen LogP contribution in [0.3, 0.4) is 0 Å². The summed E-state index contributed by atoms with van der Waals surface area (Å²) in [7, 11) is 0. The van der Waals surface area contributed by atoms with Crippen LogP contribution in [0.4, 0.5) is 15.9 Å². The molecule has 34 heavy (non-hydrogen) atoms. The first-order valence-corrected chi connectivity index (χ1v) is 11.2. The van der Waals surface area contributed by atoms with E-state index < -0.39 is 0 Å². The summed E-state index contributed by atoms with van der Waals surface area (Å²) in [5.74, 6) is 0.0611. The van der Waals surface area contributed by atoms with Crippen molar-refractivity contribution in [3.05, 3.63) is 95.6 Å². The summed E-state index contributed by atoms with van der Waals surface area (Å²) < 4.78 is 13.0. The van der Waals surface area contributed by atoms with Crippen LogP contribution >= 0.6 is 0 Å². The highest BCUT2D eigenvalue weighted by molar-refractivity contribution is 6.08. The van der Waals surface area contributed by atoms with Crippen LogP contribution in [0.1, 0.15) is 52.5 Å². The number of rotatable bonds is 9. The summed E-state index contributed by atoms with van der Waals surface area (Å²) >= 11 is 0. The zero-order valence-electron chi connectivity index (χ0n) is 18.8. The molecule has 172 valence electrons. The van der Waals surface area contributed by atoms with Crippen LogP contribution in [-0.2, 0) is 6.54 Å². The van der Waals surface area contributed by atoms with Gasteiger partial charge in [-0.3, -0.25) is 9.59 Å². The van der Waals surface area contributed by atoms with Gasteiger partial charge in [0.1, 0.15) is 18.0 Å². The van der Waals surface area contributed by atoms with Gasteiger partial charge in [0.05, 0.1) is 5.52 Å². The molecule has 6 nitrogen and oxygen atoms in total. The fraction of sp³-hybridized carbons (Fsp3) is 0.185. The maximum atomic E-state index is 13.0. The van der Waals surface area contributed by atoms with Crippen LogP contribution < -0.4 is 10.6 Å². The van der Waals surface area contributed by atoms with Gasteiger partial charge in [-0.05, 0) is 60.5 Å². The van der Waals surface area contributed by atoms with Crippen molar-refractivity contribution in [3.63, 3.8) is 0 Å². The number of hydrogen-bond donors (Lipinski definition) is 2. The standard InChI is InChI=1S/C27H25FN4O2/c1-2-3-7-24(33)22-5-4-6-23-25(22)30-17-31-26(23)29-16-18-8-14-21(15-9-18)32-27(34)19-10-12-20(28)13-11-19/h4-6,8-15,17H,2-3,7,16H2,1H3,(H,32,34)(H,29,30,31). The van der Waals surface area contributed by atoms with Crippen molar-refractivity contribution in [2.45, 2.75) is 32.7 Å². The smallest absolute Gasteiger partial charge is 0.255 e. The Morgan fingerprint density at radius 3 is 2.44 bits per heavy atom. The lowest BCUT2D eigenvalue weighted by molar-refractivity contribution is 0.0979. The molecule has 0 aliphatic heterocycles. The van der Waals surface area contributed by atoms with E-state index in [1.54, 1.807) is 12.1 Å². The minimum Gasteiger partial charge on any atom is -0.365 e. The van der Waals surface area contributed by atoms with Crippen LogP contribution in [0.5, 0.6) is 0 Å². The van der Waals surface area contributed by atoms with Gasteiger partial charge in [0.15, 0.2) is 5.78 Å². The van der Waals surface area contributed by atoms with Crippen molar-refractivity contribution in [2.24, 2.45) is 0 Å². The van der Waals surface area contributed by atoms with E-state index in [4.69, 9.17) is 0 Å². The van der Waals surface area contributed by atoms with Gasteiger partial charge >= 0.3 is 0 Å². The van der Waals surface area contributed by atoms with E-state index in [-0.39, 0.29) is 17.5 Å². The van der Waals surface area contributed by atoms with Crippen LogP contribution in [0.25, 0.3) is 10.9 Å². The second kappa shape index (κ2) is 10.7. The van der Waals surface area contributed by atoms with Gasteiger partial charge in [0.25, 0.3) is 5.91 Å². The molecular weight excluding hydrogens is 431 g/mol. The second-order valence-corrected chi connectivity index (χ2v) is 7.96. The van der Waals surface area contributed by atoms with Gasteiger partial charge in [0, 0.05) is 35.2 Å². The number of unbranched alkanes of at least 4 members (excludes halogenated alkanes) is 1. The number of para-hydroxylation sites is 1. The molecule has 0 unspecified atom stereocenters. The molecule has 7 heteroatoms. The third-order valence-electron chi connectivity index (χ3n) is 5.50. The first kappa shape index (κ1) is 23.0. The van der Waals surface area contributed by atoms with E-state index in [9.17, 15) is 14.0 Å². The monoisotopic (exact) mass is 456 g/mol. The summed E-state index contributed by atoms with van der Waals surface area (Å²) in [6, 6.07) is 18.4. The van der Waals surface area contributed by atoms with Crippen molar-refractivity contribution < 1.29 is 14.0 Å². The summed E-state index contributed by atoms with van der Waals surface area (Å²) in [4.78, 5) is 33.6. The number of anilines is 2. The SMILES string of the molecule is CCCCC(=O)c1cccc2c(NCc3ccc(NC(=O)c4ccc(F)cc4)cc3)ncnc12. The molecule has 4 aromatic rings. The molecule has 1 aromatic heterocycles. The van der Waals surface area contributed by atoms with Crippen molar-refractivity contribution in [1.29, 1.82) is 0 Å². The minimum absolute atomic E-state index is 0.0929. The van der Waals surface area contributed by atoms with E-state index in [1.165, 1.54) is 30.6 Å². The van der Waals surface area contributed by atoms with Gasteiger partial charge < -0.3 is 10.6 Å². The van der Waals surface area contributed by atoms with Crippen molar-refractivity contribution in [3.8, 4) is 0 Å². The van der Waals surface area contributed by atoms with E-state index in [0.29, 0.717) is 41.1 Å². The highest BCUT2D eigenvalue weighted by atomic mass is 19.1. The van der Waals surface area contributed by atoms with E-state index in [2.05, 4.69) is 27.5 Å². The lowest BCUT2D eigenvalue weighted by Crippen LogP contribution is -2.12. The van der Waals surface area contributed by atoms with E-state index >= 15 is 0 Å². The molecule has 1 amide bonds. The largest absolute Gasteiger partial charge is 0.365 e. The van der Waals surface area contributed by atoms with Crippen molar-refractivity contribution >= 4 is 34.1 Å². The molecule has 0 saturated heterocycles. The Labute approximate surface area is 197 Å². The molecule has 0 atom stereocenters. The molecule has 0 spiro atoms. The summed E-state index contributed by atoms with van der Waals surface area (Å²) in [5, 5.41) is 6.92. The van der Waals surface area contributed by atoms with Crippen molar-refractivity contribution in [1.82, 2.24) is 9.97 Å². The van der Waals surface area contributed by atoms with Crippen LogP contribution in [-0.4, -0.2) is 21.7 Å². The summed E-state index contributed by atoms with van der Waals surface area (Å²) in [6.07, 6.45) is 3.79. The van der Waals surface area contributed by atoms with E-state index in [1.807, 2.05) is 30.3 Å². The molecule has 0 bridgehead atoms. The predicted octanol–water partition coefficient (Wildman–Crippen LogP) is 6.01. The Morgan fingerprint density at radius 2 is 1.71 bits per heavy atom. The number of benzene rings is 3. The fourth-order valence-corrected chi connectivity index (χ4v) is 3.62. The van der Waals surface area contributed by atoms with Gasteiger partial charge in [-0.1, -0.05) is 31.5 Å².